The van der Waals surface area contributed by atoms with E-state index in [9.17, 15) is 0 Å². The van der Waals surface area contributed by atoms with Crippen LogP contribution < -0.4 is 5.32 Å². The highest BCUT2D eigenvalue weighted by Crippen LogP contribution is 2.26. The molecule has 1 N–H and O–H groups in total. The van der Waals surface area contributed by atoms with Gasteiger partial charge in [-0.15, -0.1) is 11.3 Å². The van der Waals surface area contributed by atoms with Gasteiger partial charge in [0.15, 0.2) is 5.13 Å². The summed E-state index contributed by atoms with van der Waals surface area (Å²) >= 11 is 7.34. The van der Waals surface area contributed by atoms with Crippen molar-refractivity contribution in [1.29, 1.82) is 0 Å². The molecule has 3 aromatic rings. The first-order valence-electron chi connectivity index (χ1n) is 5.98. The molecule has 3 heterocycles. The Morgan fingerprint density at radius 1 is 1.15 bits per heavy atom. The van der Waals surface area contributed by atoms with Gasteiger partial charge in [-0.25, -0.2) is 9.97 Å². The molecule has 0 saturated heterocycles. The normalized spacial score (nSPS) is 10.5. The maximum Gasteiger partial charge on any atom is 0.188 e. The number of aromatic nitrogens is 3. The largest absolute Gasteiger partial charge is 0.316 e. The summed E-state index contributed by atoms with van der Waals surface area (Å²) in [6, 6.07) is 7.59. The quantitative estimate of drug-likeness (QED) is 0.783. The molecule has 0 saturated carbocycles. The lowest BCUT2D eigenvalue weighted by Crippen LogP contribution is -1.93. The SMILES string of the molecule is Cc1ccnc(Nc2nc(-c3ccc(Cl)cn3)cs2)c1. The number of aryl methyl sites for hydroxylation is 1. The second-order valence-corrected chi connectivity index (χ2v) is 5.54. The van der Waals surface area contributed by atoms with E-state index in [1.807, 2.05) is 30.5 Å². The van der Waals surface area contributed by atoms with Gasteiger partial charge in [0, 0.05) is 17.8 Å². The topological polar surface area (TPSA) is 50.7 Å². The fourth-order valence-electron chi connectivity index (χ4n) is 1.69. The predicted molar refractivity (Wildman–Crippen MR) is 82.6 cm³/mol. The van der Waals surface area contributed by atoms with Crippen LogP contribution in [0, 0.1) is 6.92 Å². The number of thiazole rings is 1. The van der Waals surface area contributed by atoms with Gasteiger partial charge in [0.25, 0.3) is 0 Å². The van der Waals surface area contributed by atoms with Crippen LogP contribution in [0.25, 0.3) is 11.4 Å². The minimum absolute atomic E-state index is 0.617. The standard InChI is InChI=1S/C14H11ClN4S/c1-9-4-5-16-13(6-9)19-14-18-12(8-20-14)11-3-2-10(15)7-17-11/h2-8H,1H3,(H,16,18,19). The van der Waals surface area contributed by atoms with Gasteiger partial charge in [-0.2, -0.15) is 0 Å². The van der Waals surface area contributed by atoms with Crippen LogP contribution in [0.15, 0.2) is 42.0 Å². The molecule has 20 heavy (non-hydrogen) atoms. The second kappa shape index (κ2) is 5.56. The molecule has 3 rings (SSSR count). The molecule has 4 nitrogen and oxygen atoms in total. The van der Waals surface area contributed by atoms with Crippen LogP contribution >= 0.6 is 22.9 Å². The van der Waals surface area contributed by atoms with Crippen LogP contribution in [0.5, 0.6) is 0 Å². The van der Waals surface area contributed by atoms with Gasteiger partial charge in [0.05, 0.1) is 10.7 Å². The molecule has 0 unspecified atom stereocenters. The van der Waals surface area contributed by atoms with Crippen LogP contribution in [-0.2, 0) is 0 Å². The third-order valence-electron chi connectivity index (χ3n) is 2.64. The van der Waals surface area contributed by atoms with Crippen molar-refractivity contribution in [3.05, 3.63) is 52.6 Å². The van der Waals surface area contributed by atoms with Crippen LogP contribution in [0.1, 0.15) is 5.56 Å². The Kier molecular flexibility index (Phi) is 3.62. The molecule has 0 aromatic carbocycles. The van der Waals surface area contributed by atoms with Crippen molar-refractivity contribution in [2.24, 2.45) is 0 Å². The average molecular weight is 303 g/mol. The Balaban J connectivity index is 1.82. The summed E-state index contributed by atoms with van der Waals surface area (Å²) < 4.78 is 0. The molecule has 0 aliphatic carbocycles. The van der Waals surface area contributed by atoms with Gasteiger partial charge in [-0.3, -0.25) is 4.98 Å². The molecule has 0 fully saturated rings. The number of nitrogens with zero attached hydrogens (tertiary/aromatic N) is 3. The summed E-state index contributed by atoms with van der Waals surface area (Å²) in [4.78, 5) is 13.0. The van der Waals surface area contributed by atoms with Crippen molar-refractivity contribution < 1.29 is 0 Å². The highest BCUT2D eigenvalue weighted by molar-refractivity contribution is 7.14. The summed E-state index contributed by atoms with van der Waals surface area (Å²) in [6.07, 6.45) is 3.39. The summed E-state index contributed by atoms with van der Waals surface area (Å²) in [5.74, 6) is 0.787. The minimum atomic E-state index is 0.617. The van der Waals surface area contributed by atoms with Crippen LogP contribution in [0.2, 0.25) is 5.02 Å². The molecule has 100 valence electrons. The predicted octanol–water partition coefficient (Wildman–Crippen LogP) is 4.31. The van der Waals surface area contributed by atoms with Gasteiger partial charge in [0.1, 0.15) is 11.5 Å². The molecule has 0 amide bonds. The van der Waals surface area contributed by atoms with E-state index in [0.29, 0.717) is 5.02 Å². The van der Waals surface area contributed by atoms with E-state index >= 15 is 0 Å². The highest BCUT2D eigenvalue weighted by atomic mass is 35.5. The Morgan fingerprint density at radius 3 is 2.80 bits per heavy atom. The number of hydrogen-bond donors (Lipinski definition) is 1. The average Bonchev–Trinajstić information content (AvgIpc) is 2.88. The van der Waals surface area contributed by atoms with Gasteiger partial charge >= 0.3 is 0 Å². The number of rotatable bonds is 3. The molecular weight excluding hydrogens is 292 g/mol. The van der Waals surface area contributed by atoms with Gasteiger partial charge in [0.2, 0.25) is 0 Å². The zero-order chi connectivity index (χ0) is 13.9. The van der Waals surface area contributed by atoms with Crippen molar-refractivity contribution in [1.82, 2.24) is 15.0 Å². The summed E-state index contributed by atoms with van der Waals surface area (Å²) in [6.45, 7) is 2.03. The van der Waals surface area contributed by atoms with Gasteiger partial charge in [-0.05, 0) is 36.8 Å². The van der Waals surface area contributed by atoms with Gasteiger partial charge < -0.3 is 5.32 Å². The Morgan fingerprint density at radius 2 is 2.05 bits per heavy atom. The monoisotopic (exact) mass is 302 g/mol. The number of pyridine rings is 2. The number of anilines is 2. The maximum atomic E-state index is 5.83. The van der Waals surface area contributed by atoms with E-state index in [1.54, 1.807) is 18.5 Å². The zero-order valence-corrected chi connectivity index (χ0v) is 12.2. The lowest BCUT2D eigenvalue weighted by atomic mass is 10.3. The van der Waals surface area contributed by atoms with E-state index in [4.69, 9.17) is 11.6 Å². The molecule has 6 heteroatoms. The minimum Gasteiger partial charge on any atom is -0.316 e. The smallest absolute Gasteiger partial charge is 0.188 e. The lowest BCUT2D eigenvalue weighted by molar-refractivity contribution is 1.25. The third kappa shape index (κ3) is 2.95. The first-order chi connectivity index (χ1) is 9.70. The van der Waals surface area contributed by atoms with Crippen LogP contribution in [0.3, 0.4) is 0 Å². The molecule has 0 radical (unpaired) electrons. The molecule has 0 aliphatic rings. The van der Waals surface area contributed by atoms with E-state index < -0.39 is 0 Å². The van der Waals surface area contributed by atoms with Crippen molar-refractivity contribution in [2.45, 2.75) is 6.92 Å². The van der Waals surface area contributed by atoms with Gasteiger partial charge in [-0.1, -0.05) is 11.6 Å². The lowest BCUT2D eigenvalue weighted by Gasteiger charge is -2.01. The Hall–Kier alpha value is -1.98. The molecule has 3 aromatic heterocycles. The van der Waals surface area contributed by atoms with Crippen LogP contribution in [-0.4, -0.2) is 15.0 Å². The summed E-state index contributed by atoms with van der Waals surface area (Å²) in [5.41, 5.74) is 2.77. The zero-order valence-electron chi connectivity index (χ0n) is 10.7. The summed E-state index contributed by atoms with van der Waals surface area (Å²) in [5, 5.41) is 6.55. The number of hydrogen-bond acceptors (Lipinski definition) is 5. The highest BCUT2D eigenvalue weighted by Gasteiger charge is 2.06. The van der Waals surface area contributed by atoms with E-state index in [0.717, 1.165) is 27.9 Å². The Bertz CT molecular complexity index is 724. The van der Waals surface area contributed by atoms with E-state index in [-0.39, 0.29) is 0 Å². The first-order valence-corrected chi connectivity index (χ1v) is 7.23. The second-order valence-electron chi connectivity index (χ2n) is 4.24. The number of halogens is 1. The van der Waals surface area contributed by atoms with E-state index in [2.05, 4.69) is 20.3 Å². The fraction of sp³-hybridized carbons (Fsp3) is 0.0714. The summed E-state index contributed by atoms with van der Waals surface area (Å²) in [7, 11) is 0. The first kappa shape index (κ1) is 13.0. The molecule has 0 spiro atoms. The Labute approximate surface area is 125 Å². The van der Waals surface area contributed by atoms with Crippen molar-refractivity contribution in [3.63, 3.8) is 0 Å². The number of nitrogens with one attached hydrogen (secondary N) is 1. The van der Waals surface area contributed by atoms with Crippen LogP contribution in [0.4, 0.5) is 10.9 Å². The molecule has 0 bridgehead atoms. The molecule has 0 aliphatic heterocycles. The van der Waals surface area contributed by atoms with E-state index in [1.165, 1.54) is 11.3 Å². The van der Waals surface area contributed by atoms with Crippen molar-refractivity contribution in [2.75, 3.05) is 5.32 Å². The third-order valence-corrected chi connectivity index (χ3v) is 3.63. The fourth-order valence-corrected chi connectivity index (χ4v) is 2.51. The molecule has 0 atom stereocenters. The van der Waals surface area contributed by atoms with Crippen molar-refractivity contribution >= 4 is 33.9 Å². The maximum absolute atomic E-state index is 5.83. The molecular formula is C14H11ClN4S. The van der Waals surface area contributed by atoms with Crippen molar-refractivity contribution in [3.8, 4) is 11.4 Å².